The van der Waals surface area contributed by atoms with Crippen LogP contribution in [0, 0.1) is 5.41 Å². The van der Waals surface area contributed by atoms with Gasteiger partial charge < -0.3 is 19.7 Å². The quantitative estimate of drug-likeness (QED) is 0.739. The molecular formula is C12H18O5. The topological polar surface area (TPSA) is 76.0 Å². The third-order valence-corrected chi connectivity index (χ3v) is 4.74. The molecule has 3 aliphatic heterocycles. The molecule has 2 N–H and O–H groups in total. The Morgan fingerprint density at radius 1 is 1.24 bits per heavy atom. The van der Waals surface area contributed by atoms with Crippen molar-refractivity contribution in [2.24, 2.45) is 5.41 Å². The molecule has 17 heavy (non-hydrogen) atoms. The van der Waals surface area contributed by atoms with E-state index in [0.29, 0.717) is 32.5 Å². The summed E-state index contributed by atoms with van der Waals surface area (Å²) in [7, 11) is 0. The number of aliphatic carboxylic acids is 1. The van der Waals surface area contributed by atoms with E-state index in [1.54, 1.807) is 0 Å². The molecule has 0 radical (unpaired) electrons. The first-order valence-electron chi connectivity index (χ1n) is 6.27. The van der Waals surface area contributed by atoms with Gasteiger partial charge in [0.2, 0.25) is 0 Å². The Balaban J connectivity index is 1.97. The standard InChI is InChI=1S/C12H18O5/c13-10(14)12(7-8-1-2-9(12)17-8)11(15)3-5-16-6-4-11/h8-9,15H,1-7H2,(H,13,14). The van der Waals surface area contributed by atoms with Crippen LogP contribution in [0.2, 0.25) is 0 Å². The van der Waals surface area contributed by atoms with Gasteiger partial charge in [-0.1, -0.05) is 0 Å². The lowest BCUT2D eigenvalue weighted by atomic mass is 9.60. The summed E-state index contributed by atoms with van der Waals surface area (Å²) in [5.74, 6) is -0.908. The average Bonchev–Trinajstić information content (AvgIpc) is 2.90. The number of hydrogen-bond donors (Lipinski definition) is 2. The summed E-state index contributed by atoms with van der Waals surface area (Å²) in [6, 6.07) is 0. The first-order valence-corrected chi connectivity index (χ1v) is 6.27. The first-order chi connectivity index (χ1) is 8.08. The molecule has 0 aromatic heterocycles. The van der Waals surface area contributed by atoms with Gasteiger partial charge in [0.05, 0.1) is 17.8 Å². The molecule has 0 aromatic rings. The lowest BCUT2D eigenvalue weighted by molar-refractivity contribution is -0.193. The SMILES string of the molecule is O=C(O)C1(C2(O)CCOCC2)CC2CCC1O2. The zero-order valence-electron chi connectivity index (χ0n) is 9.72. The lowest BCUT2D eigenvalue weighted by Gasteiger charge is -2.47. The van der Waals surface area contributed by atoms with Crippen LogP contribution in [0.5, 0.6) is 0 Å². The second-order valence-electron chi connectivity index (χ2n) is 5.45. The van der Waals surface area contributed by atoms with Crippen molar-refractivity contribution in [3.05, 3.63) is 0 Å². The van der Waals surface area contributed by atoms with Crippen molar-refractivity contribution in [1.29, 1.82) is 0 Å². The fraction of sp³-hybridized carbons (Fsp3) is 0.917. The Bertz CT molecular complexity index is 336. The number of carbonyl (C=O) groups is 1. The predicted molar refractivity (Wildman–Crippen MR) is 57.6 cm³/mol. The van der Waals surface area contributed by atoms with Crippen LogP contribution in [-0.2, 0) is 14.3 Å². The third kappa shape index (κ3) is 1.39. The van der Waals surface area contributed by atoms with Gasteiger partial charge in [-0.05, 0) is 19.3 Å². The fourth-order valence-corrected chi connectivity index (χ4v) is 3.78. The second kappa shape index (κ2) is 3.67. The van der Waals surface area contributed by atoms with Gasteiger partial charge in [0, 0.05) is 26.1 Å². The molecule has 3 heterocycles. The van der Waals surface area contributed by atoms with E-state index in [4.69, 9.17) is 9.47 Å². The average molecular weight is 242 g/mol. The normalized spacial score (nSPS) is 43.8. The summed E-state index contributed by atoms with van der Waals surface area (Å²) >= 11 is 0. The zero-order chi connectivity index (χ0) is 12.1. The molecule has 0 saturated carbocycles. The number of carboxylic acid groups (broad SMARTS) is 1. The van der Waals surface area contributed by atoms with Crippen LogP contribution in [0.3, 0.4) is 0 Å². The minimum atomic E-state index is -1.17. The maximum atomic E-state index is 11.7. The van der Waals surface area contributed by atoms with Crippen LogP contribution in [0.4, 0.5) is 0 Å². The fourth-order valence-electron chi connectivity index (χ4n) is 3.78. The van der Waals surface area contributed by atoms with Gasteiger partial charge in [0.25, 0.3) is 0 Å². The van der Waals surface area contributed by atoms with E-state index in [-0.39, 0.29) is 12.2 Å². The number of rotatable bonds is 2. The summed E-state index contributed by atoms with van der Waals surface area (Å²) in [4.78, 5) is 11.7. The van der Waals surface area contributed by atoms with Crippen LogP contribution < -0.4 is 0 Å². The Morgan fingerprint density at radius 3 is 2.41 bits per heavy atom. The van der Waals surface area contributed by atoms with Crippen molar-refractivity contribution in [1.82, 2.24) is 0 Å². The zero-order valence-corrected chi connectivity index (χ0v) is 9.72. The predicted octanol–water partition coefficient (Wildman–Crippen LogP) is 0.550. The van der Waals surface area contributed by atoms with Crippen LogP contribution >= 0.6 is 0 Å². The maximum absolute atomic E-state index is 11.7. The Hall–Kier alpha value is -0.650. The molecule has 5 nitrogen and oxygen atoms in total. The second-order valence-corrected chi connectivity index (χ2v) is 5.45. The Kier molecular flexibility index (Phi) is 2.47. The summed E-state index contributed by atoms with van der Waals surface area (Å²) < 4.78 is 10.9. The molecular weight excluding hydrogens is 224 g/mol. The van der Waals surface area contributed by atoms with Crippen molar-refractivity contribution >= 4 is 5.97 Å². The highest BCUT2D eigenvalue weighted by molar-refractivity contribution is 5.78. The smallest absolute Gasteiger partial charge is 0.315 e. The van der Waals surface area contributed by atoms with E-state index in [9.17, 15) is 15.0 Å². The van der Waals surface area contributed by atoms with E-state index in [1.165, 1.54) is 0 Å². The summed E-state index contributed by atoms with van der Waals surface area (Å²) in [5, 5.41) is 20.4. The van der Waals surface area contributed by atoms with Gasteiger partial charge in [0.1, 0.15) is 5.41 Å². The Labute approximate surface area is 99.7 Å². The highest BCUT2D eigenvalue weighted by Crippen LogP contribution is 2.56. The van der Waals surface area contributed by atoms with Crippen molar-refractivity contribution in [2.75, 3.05) is 13.2 Å². The van der Waals surface area contributed by atoms with Crippen molar-refractivity contribution in [3.8, 4) is 0 Å². The van der Waals surface area contributed by atoms with Crippen LogP contribution in [0.25, 0.3) is 0 Å². The van der Waals surface area contributed by atoms with Crippen molar-refractivity contribution in [3.63, 3.8) is 0 Å². The highest BCUT2D eigenvalue weighted by atomic mass is 16.5. The van der Waals surface area contributed by atoms with Gasteiger partial charge in [-0.3, -0.25) is 4.79 Å². The molecule has 3 fully saturated rings. The summed E-state index contributed by atoms with van der Waals surface area (Å²) in [6.45, 7) is 0.867. The van der Waals surface area contributed by atoms with E-state index >= 15 is 0 Å². The lowest BCUT2D eigenvalue weighted by Crippen LogP contribution is -2.60. The molecule has 3 unspecified atom stereocenters. The molecule has 0 amide bonds. The molecule has 3 rings (SSSR count). The van der Waals surface area contributed by atoms with Gasteiger partial charge in [-0.15, -0.1) is 0 Å². The number of carboxylic acids is 1. The number of hydrogen-bond acceptors (Lipinski definition) is 4. The highest BCUT2D eigenvalue weighted by Gasteiger charge is 2.67. The Morgan fingerprint density at radius 2 is 1.94 bits per heavy atom. The molecule has 3 saturated heterocycles. The minimum absolute atomic E-state index is 0.0166. The molecule has 3 atom stereocenters. The van der Waals surface area contributed by atoms with E-state index in [0.717, 1.165) is 12.8 Å². The molecule has 5 heteroatoms. The van der Waals surface area contributed by atoms with E-state index in [2.05, 4.69) is 0 Å². The van der Waals surface area contributed by atoms with Crippen molar-refractivity contribution < 1.29 is 24.5 Å². The van der Waals surface area contributed by atoms with Gasteiger partial charge >= 0.3 is 5.97 Å². The largest absolute Gasteiger partial charge is 0.481 e. The molecule has 0 spiro atoms. The molecule has 0 aromatic carbocycles. The van der Waals surface area contributed by atoms with Crippen LogP contribution in [-0.4, -0.2) is 47.2 Å². The summed E-state index contributed by atoms with van der Waals surface area (Å²) in [5.41, 5.74) is -2.28. The molecule has 2 bridgehead atoms. The molecule has 96 valence electrons. The molecule has 3 aliphatic rings. The number of aliphatic hydroxyl groups is 1. The van der Waals surface area contributed by atoms with Gasteiger partial charge in [-0.2, -0.15) is 0 Å². The van der Waals surface area contributed by atoms with Crippen LogP contribution in [0.15, 0.2) is 0 Å². The monoisotopic (exact) mass is 242 g/mol. The van der Waals surface area contributed by atoms with E-state index < -0.39 is 17.0 Å². The third-order valence-electron chi connectivity index (χ3n) is 4.74. The molecule has 0 aliphatic carbocycles. The minimum Gasteiger partial charge on any atom is -0.481 e. The summed E-state index contributed by atoms with van der Waals surface area (Å²) in [6.07, 6.45) is 2.60. The van der Waals surface area contributed by atoms with Crippen LogP contribution in [0.1, 0.15) is 32.1 Å². The first kappa shape index (κ1) is 11.4. The van der Waals surface area contributed by atoms with Crippen molar-refractivity contribution in [2.45, 2.75) is 49.9 Å². The number of fused-ring (bicyclic) bond motifs is 2. The van der Waals surface area contributed by atoms with Gasteiger partial charge in [0.15, 0.2) is 0 Å². The maximum Gasteiger partial charge on any atom is 0.315 e. The van der Waals surface area contributed by atoms with E-state index in [1.807, 2.05) is 0 Å². The van der Waals surface area contributed by atoms with Gasteiger partial charge in [-0.25, -0.2) is 0 Å². The number of ether oxygens (including phenoxy) is 2.